The molecule has 10 heteroatoms. The number of benzene rings is 1. The van der Waals surface area contributed by atoms with Crippen molar-refractivity contribution in [2.24, 2.45) is 11.7 Å². The number of ether oxygens (including phenoxy) is 1. The molecular weight excluding hydrogens is 473 g/mol. The van der Waals surface area contributed by atoms with E-state index in [1.54, 1.807) is 6.20 Å². The van der Waals surface area contributed by atoms with E-state index in [2.05, 4.69) is 22.2 Å². The van der Waals surface area contributed by atoms with Crippen LogP contribution in [0.1, 0.15) is 48.2 Å². The average molecular weight is 501 g/mol. The van der Waals surface area contributed by atoms with Crippen LogP contribution in [0.3, 0.4) is 0 Å². The maximum Gasteiger partial charge on any atom is 0.274 e. The molecule has 1 amide bonds. The monoisotopic (exact) mass is 500 g/mol. The van der Waals surface area contributed by atoms with Gasteiger partial charge in [-0.25, -0.2) is 18.2 Å². The largest absolute Gasteiger partial charge is 0.488 e. The van der Waals surface area contributed by atoms with Gasteiger partial charge in [-0.15, -0.1) is 0 Å². The highest BCUT2D eigenvalue weighted by atomic mass is 19.1. The minimum atomic E-state index is -1.19. The first-order valence-corrected chi connectivity index (χ1v) is 11.7. The van der Waals surface area contributed by atoms with E-state index in [0.29, 0.717) is 11.6 Å². The predicted octanol–water partition coefficient (Wildman–Crippen LogP) is 4.42. The van der Waals surface area contributed by atoms with Crippen LogP contribution >= 0.6 is 0 Å². The fourth-order valence-corrected chi connectivity index (χ4v) is 4.72. The number of anilines is 1. The maximum atomic E-state index is 15.0. The molecule has 0 spiro atoms. The number of aliphatic hydroxyl groups excluding tert-OH is 1. The Morgan fingerprint density at radius 3 is 2.67 bits per heavy atom. The van der Waals surface area contributed by atoms with Crippen LogP contribution in [-0.2, 0) is 0 Å². The topological polar surface area (TPSA) is 110 Å². The quantitative estimate of drug-likeness (QED) is 0.443. The smallest absolute Gasteiger partial charge is 0.274 e. The van der Waals surface area contributed by atoms with Crippen LogP contribution in [0, 0.1) is 23.4 Å². The summed E-state index contributed by atoms with van der Waals surface area (Å²) in [7, 11) is 0. The summed E-state index contributed by atoms with van der Waals surface area (Å²) in [6.07, 6.45) is 5.77. The molecule has 4 N–H and O–H groups in total. The van der Waals surface area contributed by atoms with Gasteiger partial charge in [0.25, 0.3) is 5.91 Å². The molecule has 1 fully saturated rings. The molecule has 0 aliphatic heterocycles. The van der Waals surface area contributed by atoms with Gasteiger partial charge in [-0.3, -0.25) is 9.78 Å². The van der Waals surface area contributed by atoms with Crippen LogP contribution in [0.15, 0.2) is 42.7 Å². The molecular formula is C26H27F3N4O3. The third kappa shape index (κ3) is 5.50. The van der Waals surface area contributed by atoms with Crippen LogP contribution in [0.5, 0.6) is 5.75 Å². The third-order valence-corrected chi connectivity index (χ3v) is 6.24. The summed E-state index contributed by atoms with van der Waals surface area (Å²) in [6.45, 7) is 1.51. The summed E-state index contributed by atoms with van der Waals surface area (Å²) < 4.78 is 49.2. The lowest BCUT2D eigenvalue weighted by atomic mass is 9.76. The van der Waals surface area contributed by atoms with E-state index < -0.39 is 41.2 Å². The van der Waals surface area contributed by atoms with Crippen molar-refractivity contribution in [1.82, 2.24) is 9.97 Å². The molecule has 190 valence electrons. The lowest BCUT2D eigenvalue weighted by molar-refractivity contribution is 0.102. The molecule has 0 saturated heterocycles. The predicted molar refractivity (Wildman–Crippen MR) is 128 cm³/mol. The number of carbonyl (C=O) groups excluding carboxylic acids is 1. The Balaban J connectivity index is 1.64. The van der Waals surface area contributed by atoms with Gasteiger partial charge >= 0.3 is 0 Å². The zero-order valence-corrected chi connectivity index (χ0v) is 19.7. The Morgan fingerprint density at radius 2 is 1.92 bits per heavy atom. The molecule has 0 bridgehead atoms. The number of hydrogen-bond acceptors (Lipinski definition) is 6. The van der Waals surface area contributed by atoms with E-state index in [4.69, 9.17) is 15.6 Å². The number of halogens is 3. The van der Waals surface area contributed by atoms with Gasteiger partial charge in [-0.05, 0) is 67.0 Å². The SMILES string of the molecule is C[C@@H]1C[C@H](N)C[C@H](c2ccncc2NC(=O)c2ccc(F)c(-c3c(F)ccc(OCCO)c3F)n2)C1. The van der Waals surface area contributed by atoms with Crippen molar-refractivity contribution in [3.8, 4) is 17.0 Å². The average Bonchev–Trinajstić information content (AvgIpc) is 2.84. The van der Waals surface area contributed by atoms with E-state index in [1.165, 1.54) is 6.20 Å². The third-order valence-electron chi connectivity index (χ3n) is 6.24. The van der Waals surface area contributed by atoms with Crippen LogP contribution < -0.4 is 15.8 Å². The molecule has 1 saturated carbocycles. The van der Waals surface area contributed by atoms with Gasteiger partial charge in [-0.1, -0.05) is 6.92 Å². The first-order chi connectivity index (χ1) is 17.3. The van der Waals surface area contributed by atoms with E-state index in [9.17, 15) is 18.0 Å². The van der Waals surface area contributed by atoms with E-state index in [1.807, 2.05) is 6.07 Å². The van der Waals surface area contributed by atoms with Gasteiger partial charge in [0.1, 0.15) is 29.6 Å². The Bertz CT molecular complexity index is 1250. The van der Waals surface area contributed by atoms with Gasteiger partial charge in [0.15, 0.2) is 11.6 Å². The molecule has 1 aromatic carbocycles. The molecule has 1 aliphatic rings. The first kappa shape index (κ1) is 25.6. The summed E-state index contributed by atoms with van der Waals surface area (Å²) >= 11 is 0. The highest BCUT2D eigenvalue weighted by Gasteiger charge is 2.28. The van der Waals surface area contributed by atoms with Crippen LogP contribution in [-0.4, -0.2) is 40.2 Å². The number of nitrogens with one attached hydrogen (secondary N) is 1. The van der Waals surface area contributed by atoms with Gasteiger partial charge in [0.05, 0.1) is 24.1 Å². The highest BCUT2D eigenvalue weighted by Crippen LogP contribution is 2.38. The number of aromatic nitrogens is 2. The number of pyridine rings is 2. The van der Waals surface area contributed by atoms with Crippen molar-refractivity contribution in [3.63, 3.8) is 0 Å². The Hall–Kier alpha value is -3.50. The normalized spacial score (nSPS) is 19.7. The standard InChI is InChI=1S/C26H27F3N4O3/c1-14-10-15(12-16(30)11-14)17-6-7-31-13-21(17)33-26(35)20-4-2-19(28)25(32-20)23-18(27)3-5-22(24(23)29)36-9-8-34/h2-7,13-16,34H,8-12,30H2,1H3,(H,33,35)/t14-,15+,16-/m0/s1. The van der Waals surface area contributed by atoms with Crippen LogP contribution in [0.2, 0.25) is 0 Å². The van der Waals surface area contributed by atoms with Gasteiger partial charge in [0.2, 0.25) is 0 Å². The summed E-state index contributed by atoms with van der Waals surface area (Å²) in [6, 6.07) is 5.86. The second-order valence-corrected chi connectivity index (χ2v) is 9.02. The lowest BCUT2D eigenvalue weighted by Gasteiger charge is -2.32. The summed E-state index contributed by atoms with van der Waals surface area (Å²) in [5.41, 5.74) is 5.88. The lowest BCUT2D eigenvalue weighted by Crippen LogP contribution is -2.31. The van der Waals surface area contributed by atoms with E-state index in [-0.39, 0.29) is 30.0 Å². The summed E-state index contributed by atoms with van der Waals surface area (Å²) in [5.74, 6) is -3.79. The number of hydrogen-bond donors (Lipinski definition) is 3. The fraction of sp³-hybridized carbons (Fsp3) is 0.346. The van der Waals surface area contributed by atoms with Crippen molar-refractivity contribution >= 4 is 11.6 Å². The Labute approximate surface area is 206 Å². The van der Waals surface area contributed by atoms with Crippen molar-refractivity contribution in [1.29, 1.82) is 0 Å². The molecule has 2 aromatic heterocycles. The second kappa shape index (κ2) is 11.0. The molecule has 36 heavy (non-hydrogen) atoms. The van der Waals surface area contributed by atoms with Gasteiger partial charge < -0.3 is 20.9 Å². The van der Waals surface area contributed by atoms with Gasteiger partial charge in [0, 0.05) is 12.2 Å². The second-order valence-electron chi connectivity index (χ2n) is 9.02. The van der Waals surface area contributed by atoms with Crippen molar-refractivity contribution < 1.29 is 27.8 Å². The number of carbonyl (C=O) groups is 1. The van der Waals surface area contributed by atoms with Crippen LogP contribution in [0.25, 0.3) is 11.3 Å². The number of nitrogens with zero attached hydrogens (tertiary/aromatic N) is 2. The maximum absolute atomic E-state index is 15.0. The molecule has 1 aliphatic carbocycles. The molecule has 2 heterocycles. The number of nitrogens with two attached hydrogens (primary N) is 1. The number of aliphatic hydroxyl groups is 1. The zero-order chi connectivity index (χ0) is 25.8. The first-order valence-electron chi connectivity index (χ1n) is 11.7. The molecule has 0 unspecified atom stereocenters. The van der Waals surface area contributed by atoms with E-state index >= 15 is 0 Å². The molecule has 3 aromatic rings. The molecule has 7 nitrogen and oxygen atoms in total. The molecule has 3 atom stereocenters. The van der Waals surface area contributed by atoms with Crippen molar-refractivity contribution in [2.45, 2.75) is 38.1 Å². The fourth-order valence-electron chi connectivity index (χ4n) is 4.72. The zero-order valence-electron chi connectivity index (χ0n) is 19.7. The van der Waals surface area contributed by atoms with Crippen LogP contribution in [0.4, 0.5) is 18.9 Å². The number of amides is 1. The molecule has 4 rings (SSSR count). The van der Waals surface area contributed by atoms with E-state index in [0.717, 1.165) is 49.1 Å². The number of rotatable bonds is 7. The minimum Gasteiger partial charge on any atom is -0.488 e. The van der Waals surface area contributed by atoms with Crippen molar-refractivity contribution in [3.05, 3.63) is 71.4 Å². The Morgan fingerprint density at radius 1 is 1.14 bits per heavy atom. The Kier molecular flexibility index (Phi) is 7.85. The highest BCUT2D eigenvalue weighted by molar-refractivity contribution is 6.03. The summed E-state index contributed by atoms with van der Waals surface area (Å²) in [5, 5.41) is 11.7. The minimum absolute atomic E-state index is 0.0544. The molecule has 0 radical (unpaired) electrons. The van der Waals surface area contributed by atoms with Gasteiger partial charge in [-0.2, -0.15) is 0 Å². The summed E-state index contributed by atoms with van der Waals surface area (Å²) in [4.78, 5) is 21.1. The van der Waals surface area contributed by atoms with Crippen molar-refractivity contribution in [2.75, 3.05) is 18.5 Å².